The Hall–Kier alpha value is -2.89. The van der Waals surface area contributed by atoms with Crippen LogP contribution >= 0.6 is 23.2 Å². The van der Waals surface area contributed by atoms with E-state index in [0.29, 0.717) is 16.9 Å². The fourth-order valence-corrected chi connectivity index (χ4v) is 3.28. The molecule has 0 fully saturated rings. The predicted octanol–water partition coefficient (Wildman–Crippen LogP) is 6.47. The fraction of sp³-hybridized carbons (Fsp3) is 0.0455. The molecule has 0 bridgehead atoms. The van der Waals surface area contributed by atoms with Crippen molar-refractivity contribution in [2.75, 3.05) is 0 Å². The second kappa shape index (κ2) is 7.85. The lowest BCUT2D eigenvalue weighted by Gasteiger charge is -2.09. The summed E-state index contributed by atoms with van der Waals surface area (Å²) in [7, 11) is 0. The van der Waals surface area contributed by atoms with Crippen molar-refractivity contribution in [3.63, 3.8) is 0 Å². The highest BCUT2D eigenvalue weighted by Crippen LogP contribution is 2.36. The van der Waals surface area contributed by atoms with Crippen molar-refractivity contribution in [3.05, 3.63) is 98.7 Å². The van der Waals surface area contributed by atoms with Crippen LogP contribution in [0.1, 0.15) is 21.5 Å². The van der Waals surface area contributed by atoms with Crippen LogP contribution in [0.15, 0.2) is 60.4 Å². The topological polar surface area (TPSA) is 35.5 Å². The number of carbonyl (C=O) groups excluding carboxylic acids is 1. The van der Waals surface area contributed by atoms with Gasteiger partial charge in [-0.1, -0.05) is 35.3 Å². The maximum absolute atomic E-state index is 14.0. The minimum absolute atomic E-state index is 0.0364. The van der Waals surface area contributed by atoms with Crippen LogP contribution in [0.5, 0.6) is 11.5 Å². The van der Waals surface area contributed by atoms with Gasteiger partial charge in [0.2, 0.25) is 5.78 Å². The zero-order chi connectivity index (χ0) is 20.5. The minimum Gasteiger partial charge on any atom is -0.489 e. The zero-order valence-electron chi connectivity index (χ0n) is 14.7. The van der Waals surface area contributed by atoms with Gasteiger partial charge < -0.3 is 9.47 Å². The molecule has 0 spiro atoms. The Kier molecular flexibility index (Phi) is 5.26. The smallest absolute Gasteiger partial charge is 0.231 e. The normalized spacial score (nSPS) is 14.1. The van der Waals surface area contributed by atoms with Crippen molar-refractivity contribution in [1.82, 2.24) is 0 Å². The molecule has 1 aliphatic rings. The Balaban J connectivity index is 1.55. The maximum Gasteiger partial charge on any atom is 0.231 e. The van der Waals surface area contributed by atoms with Gasteiger partial charge in [-0.3, -0.25) is 4.79 Å². The summed E-state index contributed by atoms with van der Waals surface area (Å²) >= 11 is 12.0. The van der Waals surface area contributed by atoms with Crippen molar-refractivity contribution in [3.8, 4) is 11.5 Å². The van der Waals surface area contributed by atoms with Gasteiger partial charge in [0.15, 0.2) is 5.76 Å². The summed E-state index contributed by atoms with van der Waals surface area (Å²) in [6, 6.07) is 13.0. The molecule has 0 N–H and O–H groups in total. The van der Waals surface area contributed by atoms with Gasteiger partial charge in [0.1, 0.15) is 29.7 Å². The third kappa shape index (κ3) is 3.97. The third-order valence-corrected chi connectivity index (χ3v) is 5.01. The van der Waals surface area contributed by atoms with Gasteiger partial charge in [-0.15, -0.1) is 0 Å². The molecular weight excluding hydrogens is 421 g/mol. The molecule has 0 radical (unpaired) electrons. The van der Waals surface area contributed by atoms with Gasteiger partial charge in [0.05, 0.1) is 15.6 Å². The van der Waals surface area contributed by atoms with Crippen LogP contribution in [0.4, 0.5) is 8.78 Å². The summed E-state index contributed by atoms with van der Waals surface area (Å²) in [4.78, 5) is 12.5. The molecule has 0 amide bonds. The molecule has 0 aliphatic carbocycles. The number of rotatable bonds is 4. The first-order valence-corrected chi connectivity index (χ1v) is 9.27. The first kappa shape index (κ1) is 19.4. The summed E-state index contributed by atoms with van der Waals surface area (Å²) in [5.74, 6) is -0.688. The van der Waals surface area contributed by atoms with Crippen LogP contribution in [-0.4, -0.2) is 5.78 Å². The molecule has 7 heteroatoms. The highest BCUT2D eigenvalue weighted by Gasteiger charge is 2.28. The number of hydrogen-bond donors (Lipinski definition) is 0. The van der Waals surface area contributed by atoms with E-state index in [1.807, 2.05) is 0 Å². The molecule has 3 aromatic carbocycles. The van der Waals surface area contributed by atoms with E-state index in [-0.39, 0.29) is 39.5 Å². The van der Waals surface area contributed by atoms with E-state index in [9.17, 15) is 13.6 Å². The fourth-order valence-electron chi connectivity index (χ4n) is 2.84. The molecule has 0 aromatic heterocycles. The zero-order valence-corrected chi connectivity index (χ0v) is 16.2. The molecule has 1 heterocycles. The lowest BCUT2D eigenvalue weighted by atomic mass is 10.1. The Morgan fingerprint density at radius 3 is 2.59 bits per heavy atom. The number of benzene rings is 3. The molecule has 1 aliphatic heterocycles. The molecule has 3 nitrogen and oxygen atoms in total. The van der Waals surface area contributed by atoms with Crippen molar-refractivity contribution in [1.29, 1.82) is 0 Å². The monoisotopic (exact) mass is 432 g/mol. The predicted molar refractivity (Wildman–Crippen MR) is 107 cm³/mol. The van der Waals surface area contributed by atoms with E-state index in [1.165, 1.54) is 42.5 Å². The number of halogens is 4. The summed E-state index contributed by atoms with van der Waals surface area (Å²) in [5, 5.41) is 0.426. The largest absolute Gasteiger partial charge is 0.489 e. The Labute approximate surface area is 175 Å². The van der Waals surface area contributed by atoms with Gasteiger partial charge in [0.25, 0.3) is 0 Å². The standard InChI is InChI=1S/C22H12Cl2F2O3/c23-17-2-1-3-19(26)16(17)10-21-22(27)15-7-6-14(9-20(15)29-21)28-11-12-4-5-13(25)8-18(12)24/h1-10H,11H2/b21-10-. The van der Waals surface area contributed by atoms with E-state index >= 15 is 0 Å². The van der Waals surface area contributed by atoms with E-state index in [1.54, 1.807) is 18.2 Å². The summed E-state index contributed by atoms with van der Waals surface area (Å²) in [6.07, 6.45) is 1.28. The minimum atomic E-state index is -0.558. The molecule has 29 heavy (non-hydrogen) atoms. The first-order valence-electron chi connectivity index (χ1n) is 8.51. The lowest BCUT2D eigenvalue weighted by molar-refractivity contribution is 0.101. The third-order valence-electron chi connectivity index (χ3n) is 4.33. The van der Waals surface area contributed by atoms with Crippen LogP contribution in [0, 0.1) is 11.6 Å². The van der Waals surface area contributed by atoms with E-state index < -0.39 is 11.6 Å². The van der Waals surface area contributed by atoms with Gasteiger partial charge >= 0.3 is 0 Å². The molecular formula is C22H12Cl2F2O3. The first-order chi connectivity index (χ1) is 13.9. The van der Waals surface area contributed by atoms with Gasteiger partial charge in [-0.2, -0.15) is 0 Å². The average Bonchev–Trinajstić information content (AvgIpc) is 2.99. The summed E-state index contributed by atoms with van der Waals surface area (Å²) < 4.78 is 38.4. The van der Waals surface area contributed by atoms with Gasteiger partial charge in [-0.25, -0.2) is 8.78 Å². The van der Waals surface area contributed by atoms with E-state index in [2.05, 4.69) is 0 Å². The summed E-state index contributed by atoms with van der Waals surface area (Å²) in [6.45, 7) is 0.110. The number of ether oxygens (including phenoxy) is 2. The summed E-state index contributed by atoms with van der Waals surface area (Å²) in [5.41, 5.74) is 1.02. The van der Waals surface area contributed by atoms with Crippen LogP contribution in [0.25, 0.3) is 6.08 Å². The number of hydrogen-bond acceptors (Lipinski definition) is 3. The number of carbonyl (C=O) groups is 1. The van der Waals surface area contributed by atoms with E-state index in [4.69, 9.17) is 32.7 Å². The molecule has 146 valence electrons. The molecule has 4 rings (SSSR count). The van der Waals surface area contributed by atoms with Crippen molar-refractivity contribution < 1.29 is 23.0 Å². The molecule has 0 atom stereocenters. The number of fused-ring (bicyclic) bond motifs is 1. The van der Waals surface area contributed by atoms with Gasteiger partial charge in [-0.05, 0) is 42.5 Å². The number of allylic oxidation sites excluding steroid dienone is 1. The van der Waals surface area contributed by atoms with Crippen molar-refractivity contribution in [2.24, 2.45) is 0 Å². The van der Waals surface area contributed by atoms with Crippen LogP contribution in [-0.2, 0) is 6.61 Å². The SMILES string of the molecule is O=C1/C(=C/c2c(F)cccc2Cl)Oc2cc(OCc3ccc(F)cc3Cl)ccc21. The number of Topliss-reactive ketones (excluding diaryl/α,β-unsaturated/α-hetero) is 1. The van der Waals surface area contributed by atoms with Crippen molar-refractivity contribution >= 4 is 35.1 Å². The Bertz CT molecular complexity index is 1140. The highest BCUT2D eigenvalue weighted by molar-refractivity contribution is 6.32. The lowest BCUT2D eigenvalue weighted by Crippen LogP contribution is -1.99. The maximum atomic E-state index is 14.0. The van der Waals surface area contributed by atoms with Gasteiger partial charge in [0, 0.05) is 17.2 Å². The Morgan fingerprint density at radius 2 is 1.83 bits per heavy atom. The molecule has 0 saturated carbocycles. The van der Waals surface area contributed by atoms with Crippen molar-refractivity contribution in [2.45, 2.75) is 6.61 Å². The average molecular weight is 433 g/mol. The highest BCUT2D eigenvalue weighted by atomic mass is 35.5. The quantitative estimate of drug-likeness (QED) is 0.443. The second-order valence-corrected chi connectivity index (χ2v) is 7.07. The van der Waals surface area contributed by atoms with E-state index in [0.717, 1.165) is 0 Å². The number of ketones is 1. The van der Waals surface area contributed by atoms with Crippen LogP contribution in [0.2, 0.25) is 10.0 Å². The molecule has 0 saturated heterocycles. The van der Waals surface area contributed by atoms with Crippen LogP contribution < -0.4 is 9.47 Å². The Morgan fingerprint density at radius 1 is 1.00 bits per heavy atom. The molecule has 3 aromatic rings. The second-order valence-electron chi connectivity index (χ2n) is 6.26. The van der Waals surface area contributed by atoms with Crippen LogP contribution in [0.3, 0.4) is 0 Å². The molecule has 0 unspecified atom stereocenters.